The SMILES string of the molecule is Cc1nc(N[C@@H](C)c2cncc(-c3cnc(N4CCC(O)CC4)nc3)c2)cc(-c2ccc3occ(C)c3c2)n1. The molecule has 9 heteroatoms. The Hall–Kier alpha value is -4.37. The summed E-state index contributed by atoms with van der Waals surface area (Å²) in [7, 11) is 0. The largest absolute Gasteiger partial charge is 0.464 e. The molecule has 1 saturated heterocycles. The normalized spacial score (nSPS) is 15.0. The first-order valence-electron chi connectivity index (χ1n) is 13.2. The summed E-state index contributed by atoms with van der Waals surface area (Å²) in [5.41, 5.74) is 6.71. The van der Waals surface area contributed by atoms with Gasteiger partial charge in [0, 0.05) is 66.0 Å². The number of piperidine rings is 1. The number of hydrogen-bond acceptors (Lipinski definition) is 9. The molecule has 0 saturated carbocycles. The van der Waals surface area contributed by atoms with Crippen molar-refractivity contribution in [2.75, 3.05) is 23.3 Å². The lowest BCUT2D eigenvalue weighted by Crippen LogP contribution is -2.36. The molecular formula is C30H31N7O2. The second-order valence-corrected chi connectivity index (χ2v) is 10.2. The van der Waals surface area contributed by atoms with Crippen molar-refractivity contribution in [3.63, 3.8) is 0 Å². The van der Waals surface area contributed by atoms with Crippen molar-refractivity contribution in [1.82, 2.24) is 24.9 Å². The summed E-state index contributed by atoms with van der Waals surface area (Å²) < 4.78 is 5.60. The van der Waals surface area contributed by atoms with Crippen molar-refractivity contribution >= 4 is 22.7 Å². The molecule has 0 bridgehead atoms. The molecule has 9 nitrogen and oxygen atoms in total. The summed E-state index contributed by atoms with van der Waals surface area (Å²) in [5, 5.41) is 14.4. The number of rotatable bonds is 6. The first-order valence-corrected chi connectivity index (χ1v) is 13.2. The molecule has 0 unspecified atom stereocenters. The molecule has 1 aliphatic heterocycles. The maximum Gasteiger partial charge on any atom is 0.225 e. The van der Waals surface area contributed by atoms with E-state index in [0.29, 0.717) is 11.8 Å². The van der Waals surface area contributed by atoms with Crippen LogP contribution in [0.15, 0.2) is 65.8 Å². The average molecular weight is 522 g/mol. The number of aliphatic hydroxyl groups excluding tert-OH is 1. The van der Waals surface area contributed by atoms with E-state index in [1.807, 2.05) is 56.8 Å². The van der Waals surface area contributed by atoms with E-state index in [1.165, 1.54) is 0 Å². The van der Waals surface area contributed by atoms with Gasteiger partial charge < -0.3 is 19.7 Å². The Morgan fingerprint density at radius 1 is 0.949 bits per heavy atom. The predicted molar refractivity (Wildman–Crippen MR) is 151 cm³/mol. The number of nitrogens with one attached hydrogen (secondary N) is 1. The molecule has 1 atom stereocenters. The van der Waals surface area contributed by atoms with E-state index in [1.54, 1.807) is 6.26 Å². The van der Waals surface area contributed by atoms with Gasteiger partial charge >= 0.3 is 0 Å². The quantitative estimate of drug-likeness (QED) is 0.299. The van der Waals surface area contributed by atoms with Crippen LogP contribution in [0.5, 0.6) is 0 Å². The van der Waals surface area contributed by atoms with Gasteiger partial charge in [-0.3, -0.25) is 4.98 Å². The molecule has 0 spiro atoms. The summed E-state index contributed by atoms with van der Waals surface area (Å²) in [5.74, 6) is 2.14. The third-order valence-corrected chi connectivity index (χ3v) is 7.24. The van der Waals surface area contributed by atoms with Gasteiger partial charge in [0.1, 0.15) is 17.2 Å². The zero-order valence-corrected chi connectivity index (χ0v) is 22.3. The number of benzene rings is 1. The smallest absolute Gasteiger partial charge is 0.225 e. The van der Waals surface area contributed by atoms with Crippen LogP contribution in [0.4, 0.5) is 11.8 Å². The topological polar surface area (TPSA) is 113 Å². The molecule has 0 aliphatic carbocycles. The predicted octanol–water partition coefficient (Wildman–Crippen LogP) is 5.49. The molecule has 6 rings (SSSR count). The molecule has 1 aliphatic rings. The highest BCUT2D eigenvalue weighted by atomic mass is 16.3. The average Bonchev–Trinajstić information content (AvgIpc) is 3.33. The Kier molecular flexibility index (Phi) is 6.66. The molecule has 4 aromatic heterocycles. The van der Waals surface area contributed by atoms with Crippen molar-refractivity contribution in [1.29, 1.82) is 0 Å². The first-order chi connectivity index (χ1) is 18.9. The van der Waals surface area contributed by atoms with Crippen LogP contribution in [0.3, 0.4) is 0 Å². The highest BCUT2D eigenvalue weighted by Crippen LogP contribution is 2.29. The monoisotopic (exact) mass is 521 g/mol. The van der Waals surface area contributed by atoms with Gasteiger partial charge in [-0.1, -0.05) is 0 Å². The highest BCUT2D eigenvalue weighted by Gasteiger charge is 2.19. The number of aromatic nitrogens is 5. The fraction of sp³-hybridized carbons (Fsp3) is 0.300. The van der Waals surface area contributed by atoms with Crippen LogP contribution in [-0.2, 0) is 0 Å². The summed E-state index contributed by atoms with van der Waals surface area (Å²) >= 11 is 0. The number of aliphatic hydroxyl groups is 1. The van der Waals surface area contributed by atoms with Crippen LogP contribution >= 0.6 is 0 Å². The molecule has 1 aromatic carbocycles. The van der Waals surface area contributed by atoms with Crippen LogP contribution < -0.4 is 10.2 Å². The van der Waals surface area contributed by atoms with Crippen LogP contribution in [0, 0.1) is 13.8 Å². The van der Waals surface area contributed by atoms with Crippen LogP contribution in [0.25, 0.3) is 33.4 Å². The number of hydrogen-bond donors (Lipinski definition) is 2. The van der Waals surface area contributed by atoms with Gasteiger partial charge in [-0.05, 0) is 69.0 Å². The van der Waals surface area contributed by atoms with E-state index >= 15 is 0 Å². The van der Waals surface area contributed by atoms with E-state index in [9.17, 15) is 5.11 Å². The van der Waals surface area contributed by atoms with Gasteiger partial charge in [-0.15, -0.1) is 0 Å². The number of anilines is 2. The highest BCUT2D eigenvalue weighted by molar-refractivity contribution is 5.85. The van der Waals surface area contributed by atoms with E-state index in [0.717, 1.165) is 76.2 Å². The molecule has 0 amide bonds. The molecule has 39 heavy (non-hydrogen) atoms. The third kappa shape index (κ3) is 5.31. The Morgan fingerprint density at radius 3 is 2.54 bits per heavy atom. The zero-order chi connectivity index (χ0) is 26.9. The van der Waals surface area contributed by atoms with Gasteiger partial charge in [0.25, 0.3) is 0 Å². The van der Waals surface area contributed by atoms with Crippen molar-refractivity contribution < 1.29 is 9.52 Å². The Bertz CT molecular complexity index is 1610. The summed E-state index contributed by atoms with van der Waals surface area (Å²) in [4.78, 5) is 25.1. The molecule has 0 radical (unpaired) electrons. The molecular weight excluding hydrogens is 490 g/mol. The number of pyridine rings is 1. The lowest BCUT2D eigenvalue weighted by Gasteiger charge is -2.29. The minimum Gasteiger partial charge on any atom is -0.464 e. The van der Waals surface area contributed by atoms with Gasteiger partial charge in [0.15, 0.2) is 0 Å². The number of fused-ring (bicyclic) bond motifs is 1. The Labute approximate surface area is 227 Å². The van der Waals surface area contributed by atoms with Crippen LogP contribution in [-0.4, -0.2) is 49.2 Å². The van der Waals surface area contributed by atoms with Crippen LogP contribution in [0.1, 0.15) is 42.8 Å². The molecule has 5 heterocycles. The lowest BCUT2D eigenvalue weighted by atomic mass is 10.1. The molecule has 5 aromatic rings. The van der Waals surface area contributed by atoms with Gasteiger partial charge in [-0.25, -0.2) is 19.9 Å². The molecule has 1 fully saturated rings. The van der Waals surface area contributed by atoms with Crippen molar-refractivity contribution in [2.45, 2.75) is 45.8 Å². The summed E-state index contributed by atoms with van der Waals surface area (Å²) in [6.07, 6.45) is 10.4. The summed E-state index contributed by atoms with van der Waals surface area (Å²) in [6.45, 7) is 7.56. The number of furan rings is 1. The second-order valence-electron chi connectivity index (χ2n) is 10.2. The van der Waals surface area contributed by atoms with E-state index in [4.69, 9.17) is 4.42 Å². The third-order valence-electron chi connectivity index (χ3n) is 7.24. The van der Waals surface area contributed by atoms with Gasteiger partial charge in [0.2, 0.25) is 5.95 Å². The van der Waals surface area contributed by atoms with Crippen molar-refractivity contribution in [3.8, 4) is 22.4 Å². The zero-order valence-electron chi connectivity index (χ0n) is 22.3. The minimum atomic E-state index is -0.224. The lowest BCUT2D eigenvalue weighted by molar-refractivity contribution is 0.145. The fourth-order valence-corrected chi connectivity index (χ4v) is 4.96. The fourth-order valence-electron chi connectivity index (χ4n) is 4.96. The van der Waals surface area contributed by atoms with Crippen LogP contribution in [0.2, 0.25) is 0 Å². The summed E-state index contributed by atoms with van der Waals surface area (Å²) in [6, 6.07) is 10.1. The Balaban J connectivity index is 1.20. The maximum absolute atomic E-state index is 9.76. The van der Waals surface area contributed by atoms with Crippen molar-refractivity contribution in [3.05, 3.63) is 78.3 Å². The van der Waals surface area contributed by atoms with Gasteiger partial charge in [-0.2, -0.15) is 0 Å². The molecule has 198 valence electrons. The molecule has 2 N–H and O–H groups in total. The Morgan fingerprint density at radius 2 is 1.74 bits per heavy atom. The standard InChI is InChI=1S/C30H31N7O2/c1-18-17-39-28-5-4-21(11-26(18)28)27-12-29(36-20(3)35-27)34-19(2)22-10-23(14-31-13-22)24-15-32-30(33-16-24)37-8-6-25(38)7-9-37/h4-5,10-17,19,25,38H,6-9H2,1-3H3,(H,34,35,36)/t19-/m0/s1. The number of nitrogens with zero attached hydrogens (tertiary/aromatic N) is 6. The first kappa shape index (κ1) is 24.9. The maximum atomic E-state index is 9.76. The van der Waals surface area contributed by atoms with E-state index in [2.05, 4.69) is 54.2 Å². The van der Waals surface area contributed by atoms with Gasteiger partial charge in [0.05, 0.1) is 24.1 Å². The number of aryl methyl sites for hydroxylation is 2. The minimum absolute atomic E-state index is 0.0434. The van der Waals surface area contributed by atoms with Crippen molar-refractivity contribution in [2.24, 2.45) is 0 Å². The van der Waals surface area contributed by atoms with E-state index in [-0.39, 0.29) is 12.1 Å². The second kappa shape index (κ2) is 10.4. The van der Waals surface area contributed by atoms with E-state index < -0.39 is 0 Å².